The zero-order valence-corrected chi connectivity index (χ0v) is 17.8. The van der Waals surface area contributed by atoms with Gasteiger partial charge in [0.1, 0.15) is 11.6 Å². The van der Waals surface area contributed by atoms with Crippen LogP contribution in [0.15, 0.2) is 16.7 Å². The number of benzene rings is 1. The summed E-state index contributed by atoms with van der Waals surface area (Å²) in [5.41, 5.74) is 4.15. The largest absolute Gasteiger partial charge is 0.379 e. The van der Waals surface area contributed by atoms with Gasteiger partial charge in [-0.05, 0) is 65.2 Å². The van der Waals surface area contributed by atoms with E-state index in [4.69, 9.17) is 9.26 Å². The van der Waals surface area contributed by atoms with Crippen molar-refractivity contribution in [3.05, 3.63) is 35.0 Å². The van der Waals surface area contributed by atoms with Crippen LogP contribution in [0, 0.1) is 13.8 Å². The number of carbonyl (C=O) groups is 2. The van der Waals surface area contributed by atoms with E-state index in [2.05, 4.69) is 10.1 Å². The number of hydrogen-bond donors (Lipinski definition) is 0. The predicted octanol–water partition coefficient (Wildman–Crippen LogP) is 4.47. The summed E-state index contributed by atoms with van der Waals surface area (Å²) in [6.45, 7) is 9.74. The molecule has 0 saturated heterocycles. The standard InChI is InChI=1S/C17H15N3O3.C5H12O/c1-9-15(10(2)23-19-9)12-5-13(7-21)16-14(6-12)20(8-22)17(18-16)11-3-4-11;1-5(2,3)6-4/h5-8,11H,3-4H2,1-2H3;1-4H3. The highest BCUT2D eigenvalue weighted by atomic mass is 16.5. The maximum absolute atomic E-state index is 11.6. The molecule has 29 heavy (non-hydrogen) atoms. The topological polar surface area (TPSA) is 87.2 Å². The maximum Gasteiger partial charge on any atom is 0.219 e. The first-order valence-corrected chi connectivity index (χ1v) is 9.65. The first kappa shape index (κ1) is 20.9. The monoisotopic (exact) mass is 397 g/mol. The van der Waals surface area contributed by atoms with Crippen LogP contribution in [-0.4, -0.2) is 40.1 Å². The third-order valence-electron chi connectivity index (χ3n) is 4.96. The fraction of sp³-hybridized carbons (Fsp3) is 0.455. The molecule has 1 saturated carbocycles. The lowest BCUT2D eigenvalue weighted by Crippen LogP contribution is -2.15. The minimum absolute atomic E-state index is 0.0417. The number of ether oxygens (including phenoxy) is 1. The van der Waals surface area contributed by atoms with Crippen molar-refractivity contribution in [3.63, 3.8) is 0 Å². The lowest BCUT2D eigenvalue weighted by Gasteiger charge is -2.14. The molecular formula is C22H27N3O4. The fourth-order valence-electron chi connectivity index (χ4n) is 3.11. The number of methoxy groups -OCH3 is 1. The summed E-state index contributed by atoms with van der Waals surface area (Å²) in [4.78, 5) is 27.6. The van der Waals surface area contributed by atoms with Crippen LogP contribution >= 0.6 is 0 Å². The molecule has 4 rings (SSSR count). The summed E-state index contributed by atoms with van der Waals surface area (Å²) in [5.74, 6) is 1.74. The summed E-state index contributed by atoms with van der Waals surface area (Å²) < 4.78 is 11.7. The minimum atomic E-state index is 0.0417. The number of aryl methyl sites for hydroxylation is 2. The van der Waals surface area contributed by atoms with E-state index in [9.17, 15) is 9.59 Å². The van der Waals surface area contributed by atoms with Crippen LogP contribution in [0.1, 0.15) is 67.2 Å². The van der Waals surface area contributed by atoms with E-state index in [0.717, 1.165) is 48.2 Å². The van der Waals surface area contributed by atoms with Crippen molar-refractivity contribution < 1.29 is 18.8 Å². The van der Waals surface area contributed by atoms with Crippen LogP contribution in [0.5, 0.6) is 0 Å². The number of aldehydes is 1. The summed E-state index contributed by atoms with van der Waals surface area (Å²) in [7, 11) is 1.71. The molecule has 0 radical (unpaired) electrons. The van der Waals surface area contributed by atoms with E-state index in [1.165, 1.54) is 0 Å². The predicted molar refractivity (Wildman–Crippen MR) is 111 cm³/mol. The average Bonchev–Trinajstić information content (AvgIpc) is 3.38. The molecule has 0 spiro atoms. The van der Waals surface area contributed by atoms with Gasteiger partial charge in [0, 0.05) is 24.2 Å². The molecule has 1 aliphatic carbocycles. The van der Waals surface area contributed by atoms with Gasteiger partial charge in [0.25, 0.3) is 0 Å². The Labute approximate surface area is 170 Å². The average molecular weight is 397 g/mol. The molecule has 0 amide bonds. The van der Waals surface area contributed by atoms with Gasteiger partial charge in [0.15, 0.2) is 6.29 Å². The Balaban J connectivity index is 0.000000353. The minimum Gasteiger partial charge on any atom is -0.379 e. The van der Waals surface area contributed by atoms with Crippen molar-refractivity contribution >= 4 is 23.7 Å². The van der Waals surface area contributed by atoms with Gasteiger partial charge < -0.3 is 9.26 Å². The van der Waals surface area contributed by atoms with Crippen LogP contribution in [0.3, 0.4) is 0 Å². The Bertz CT molecular complexity index is 1030. The molecule has 7 nitrogen and oxygen atoms in total. The number of fused-ring (bicyclic) bond motifs is 1. The molecule has 2 heterocycles. The first-order chi connectivity index (χ1) is 13.7. The van der Waals surface area contributed by atoms with Gasteiger partial charge in [0.2, 0.25) is 6.41 Å². The SMILES string of the molecule is COC(C)(C)C.Cc1noc(C)c1-c1cc(C=O)c2nc(C3CC3)n(C=O)c2c1. The Morgan fingerprint density at radius 2 is 1.86 bits per heavy atom. The summed E-state index contributed by atoms with van der Waals surface area (Å²) in [6.07, 6.45) is 3.62. The van der Waals surface area contributed by atoms with Gasteiger partial charge >= 0.3 is 0 Å². The molecule has 1 aromatic carbocycles. The lowest BCUT2D eigenvalue weighted by molar-refractivity contribution is 0.0397. The molecule has 0 aliphatic heterocycles. The van der Waals surface area contributed by atoms with Crippen molar-refractivity contribution in [2.75, 3.05) is 7.11 Å². The number of imidazole rings is 1. The summed E-state index contributed by atoms with van der Waals surface area (Å²) in [5, 5.41) is 3.96. The van der Waals surface area contributed by atoms with Gasteiger partial charge in [0.05, 0.1) is 22.3 Å². The molecule has 1 fully saturated rings. The molecule has 3 aromatic rings. The number of nitrogens with zero attached hydrogens (tertiary/aromatic N) is 3. The Morgan fingerprint density at radius 3 is 2.31 bits per heavy atom. The Morgan fingerprint density at radius 1 is 1.21 bits per heavy atom. The van der Waals surface area contributed by atoms with E-state index >= 15 is 0 Å². The number of aromatic nitrogens is 3. The lowest BCUT2D eigenvalue weighted by atomic mass is 10.0. The molecule has 154 valence electrons. The molecule has 0 unspecified atom stereocenters. The normalized spacial score (nSPS) is 13.9. The van der Waals surface area contributed by atoms with E-state index in [-0.39, 0.29) is 5.60 Å². The number of hydrogen-bond acceptors (Lipinski definition) is 6. The summed E-state index contributed by atoms with van der Waals surface area (Å²) in [6, 6.07) is 3.66. The smallest absolute Gasteiger partial charge is 0.219 e. The molecule has 0 atom stereocenters. The third kappa shape index (κ3) is 4.29. The second kappa shape index (κ2) is 7.91. The molecule has 2 aromatic heterocycles. The molecule has 0 bridgehead atoms. The summed E-state index contributed by atoms with van der Waals surface area (Å²) >= 11 is 0. The van der Waals surface area contributed by atoms with Gasteiger partial charge in [-0.2, -0.15) is 0 Å². The number of carbonyl (C=O) groups excluding carboxylic acids is 2. The zero-order chi connectivity index (χ0) is 21.3. The van der Waals surface area contributed by atoms with E-state index in [1.807, 2.05) is 40.7 Å². The molecule has 7 heteroatoms. The quantitative estimate of drug-likeness (QED) is 0.604. The highest BCUT2D eigenvalue weighted by molar-refractivity contribution is 5.99. The van der Waals surface area contributed by atoms with Crippen LogP contribution in [0.4, 0.5) is 0 Å². The van der Waals surface area contributed by atoms with Gasteiger partial charge in [-0.1, -0.05) is 5.16 Å². The van der Waals surface area contributed by atoms with Gasteiger partial charge in [-0.25, -0.2) is 4.98 Å². The van der Waals surface area contributed by atoms with E-state index < -0.39 is 0 Å². The molecular weight excluding hydrogens is 370 g/mol. The highest BCUT2D eigenvalue weighted by Crippen LogP contribution is 2.41. The maximum atomic E-state index is 11.6. The van der Waals surface area contributed by atoms with Crippen molar-refractivity contribution in [1.29, 1.82) is 0 Å². The van der Waals surface area contributed by atoms with Gasteiger partial charge in [-0.3, -0.25) is 14.2 Å². The van der Waals surface area contributed by atoms with Crippen molar-refractivity contribution in [1.82, 2.24) is 14.7 Å². The fourth-order valence-corrected chi connectivity index (χ4v) is 3.11. The van der Waals surface area contributed by atoms with Gasteiger partial charge in [-0.15, -0.1) is 0 Å². The Kier molecular flexibility index (Phi) is 5.71. The second-order valence-electron chi connectivity index (χ2n) is 8.29. The zero-order valence-electron chi connectivity index (χ0n) is 17.8. The highest BCUT2D eigenvalue weighted by Gasteiger charge is 2.30. The number of rotatable bonds is 4. The molecule has 0 N–H and O–H groups in total. The van der Waals surface area contributed by atoms with E-state index in [0.29, 0.717) is 28.3 Å². The first-order valence-electron chi connectivity index (χ1n) is 9.65. The second-order valence-corrected chi connectivity index (χ2v) is 8.29. The Hall–Kier alpha value is -2.80. The van der Waals surface area contributed by atoms with Crippen molar-refractivity contribution in [2.45, 2.75) is 59.0 Å². The third-order valence-corrected chi connectivity index (χ3v) is 4.96. The van der Waals surface area contributed by atoms with Crippen LogP contribution in [0.2, 0.25) is 0 Å². The molecule has 1 aliphatic rings. The van der Waals surface area contributed by atoms with Crippen molar-refractivity contribution in [3.8, 4) is 11.1 Å². The van der Waals surface area contributed by atoms with E-state index in [1.54, 1.807) is 17.7 Å². The van der Waals surface area contributed by atoms with Crippen LogP contribution < -0.4 is 0 Å². The van der Waals surface area contributed by atoms with Crippen LogP contribution in [-0.2, 0) is 9.53 Å². The van der Waals surface area contributed by atoms with Crippen molar-refractivity contribution in [2.24, 2.45) is 0 Å². The van der Waals surface area contributed by atoms with Crippen LogP contribution in [0.25, 0.3) is 22.2 Å².